The SMILES string of the molecule is CCN(CCC#N)CC(=O)Nc1cc(N)ccc1Cl. The van der Waals surface area contributed by atoms with E-state index in [1.807, 2.05) is 11.8 Å². The Hall–Kier alpha value is -1.77. The molecule has 19 heavy (non-hydrogen) atoms. The molecule has 0 aliphatic carbocycles. The summed E-state index contributed by atoms with van der Waals surface area (Å²) in [6.45, 7) is 3.45. The van der Waals surface area contributed by atoms with E-state index >= 15 is 0 Å². The third-order valence-corrected chi connectivity index (χ3v) is 2.95. The second kappa shape index (κ2) is 7.62. The van der Waals surface area contributed by atoms with Crippen LogP contribution in [0.2, 0.25) is 5.02 Å². The van der Waals surface area contributed by atoms with Gasteiger partial charge in [-0.3, -0.25) is 9.69 Å². The average Bonchev–Trinajstić information content (AvgIpc) is 2.38. The van der Waals surface area contributed by atoms with E-state index in [1.165, 1.54) is 0 Å². The van der Waals surface area contributed by atoms with Crippen LogP contribution in [0.25, 0.3) is 0 Å². The summed E-state index contributed by atoms with van der Waals surface area (Å²) in [5.41, 5.74) is 6.68. The maximum absolute atomic E-state index is 11.9. The standard InChI is InChI=1S/C13H17ClN4O/c1-2-18(7-3-6-15)9-13(19)17-12-8-10(16)4-5-11(12)14/h4-5,8H,2-3,7,9,16H2,1H3,(H,17,19). The van der Waals surface area contributed by atoms with E-state index in [-0.39, 0.29) is 12.5 Å². The van der Waals surface area contributed by atoms with Crippen molar-refractivity contribution < 1.29 is 4.79 Å². The Morgan fingerprint density at radius 2 is 2.32 bits per heavy atom. The lowest BCUT2D eigenvalue weighted by molar-refractivity contribution is -0.117. The monoisotopic (exact) mass is 280 g/mol. The van der Waals surface area contributed by atoms with Crippen molar-refractivity contribution in [3.63, 3.8) is 0 Å². The van der Waals surface area contributed by atoms with E-state index in [4.69, 9.17) is 22.6 Å². The first-order chi connectivity index (χ1) is 9.06. The van der Waals surface area contributed by atoms with Gasteiger partial charge in [-0.05, 0) is 24.7 Å². The predicted octanol–water partition coefficient (Wildman–Crippen LogP) is 2.10. The van der Waals surface area contributed by atoms with Crippen LogP contribution in [0.1, 0.15) is 13.3 Å². The van der Waals surface area contributed by atoms with Gasteiger partial charge in [-0.15, -0.1) is 0 Å². The van der Waals surface area contributed by atoms with Crippen molar-refractivity contribution in [2.24, 2.45) is 0 Å². The Morgan fingerprint density at radius 3 is 2.95 bits per heavy atom. The largest absolute Gasteiger partial charge is 0.399 e. The van der Waals surface area contributed by atoms with Crippen LogP contribution in [0, 0.1) is 11.3 Å². The zero-order chi connectivity index (χ0) is 14.3. The van der Waals surface area contributed by atoms with Crippen molar-refractivity contribution in [2.45, 2.75) is 13.3 Å². The fourth-order valence-corrected chi connectivity index (χ4v) is 1.75. The summed E-state index contributed by atoms with van der Waals surface area (Å²) in [7, 11) is 0. The number of carbonyl (C=O) groups is 1. The van der Waals surface area contributed by atoms with Crippen LogP contribution < -0.4 is 11.1 Å². The van der Waals surface area contributed by atoms with Crippen LogP contribution in [0.5, 0.6) is 0 Å². The molecule has 0 aliphatic heterocycles. The number of nitriles is 1. The number of hydrogen-bond acceptors (Lipinski definition) is 4. The minimum atomic E-state index is -0.174. The van der Waals surface area contributed by atoms with Gasteiger partial charge in [0.2, 0.25) is 5.91 Å². The van der Waals surface area contributed by atoms with Crippen LogP contribution >= 0.6 is 11.6 Å². The molecule has 5 nitrogen and oxygen atoms in total. The molecular weight excluding hydrogens is 264 g/mol. The van der Waals surface area contributed by atoms with E-state index in [1.54, 1.807) is 18.2 Å². The summed E-state index contributed by atoms with van der Waals surface area (Å²) in [6.07, 6.45) is 0.403. The molecule has 1 aromatic carbocycles. The maximum atomic E-state index is 11.9. The molecule has 3 N–H and O–H groups in total. The Bertz CT molecular complexity index is 484. The third kappa shape index (κ3) is 5.16. The zero-order valence-electron chi connectivity index (χ0n) is 10.8. The number of carbonyl (C=O) groups excluding carboxylic acids is 1. The number of hydrogen-bond donors (Lipinski definition) is 2. The number of anilines is 2. The highest BCUT2D eigenvalue weighted by Crippen LogP contribution is 2.23. The molecule has 1 aromatic rings. The molecule has 0 saturated heterocycles. The molecule has 102 valence electrons. The van der Waals surface area contributed by atoms with E-state index in [2.05, 4.69) is 11.4 Å². The summed E-state index contributed by atoms with van der Waals surface area (Å²) >= 11 is 5.97. The highest BCUT2D eigenvalue weighted by Gasteiger charge is 2.10. The molecule has 0 aromatic heterocycles. The molecule has 1 rings (SSSR count). The van der Waals surface area contributed by atoms with Gasteiger partial charge in [0.15, 0.2) is 0 Å². The zero-order valence-corrected chi connectivity index (χ0v) is 11.6. The smallest absolute Gasteiger partial charge is 0.238 e. The summed E-state index contributed by atoms with van der Waals surface area (Å²) < 4.78 is 0. The maximum Gasteiger partial charge on any atom is 0.238 e. The van der Waals surface area contributed by atoms with Gasteiger partial charge in [-0.1, -0.05) is 18.5 Å². The van der Waals surface area contributed by atoms with E-state index in [9.17, 15) is 4.79 Å². The minimum absolute atomic E-state index is 0.174. The van der Waals surface area contributed by atoms with Gasteiger partial charge in [0, 0.05) is 18.7 Å². The lowest BCUT2D eigenvalue weighted by Crippen LogP contribution is -2.33. The third-order valence-electron chi connectivity index (χ3n) is 2.62. The molecule has 0 aliphatic rings. The van der Waals surface area contributed by atoms with Crippen LogP contribution in [0.3, 0.4) is 0 Å². The molecule has 0 saturated carbocycles. The molecule has 6 heteroatoms. The molecule has 0 radical (unpaired) electrons. The van der Waals surface area contributed by atoms with Gasteiger partial charge >= 0.3 is 0 Å². The van der Waals surface area contributed by atoms with E-state index in [0.717, 1.165) is 0 Å². The number of nitrogens with zero attached hydrogens (tertiary/aromatic N) is 2. The number of halogens is 1. The first-order valence-electron chi connectivity index (χ1n) is 6.01. The van der Waals surface area contributed by atoms with E-state index in [0.29, 0.717) is 35.9 Å². The number of nitrogens with one attached hydrogen (secondary N) is 1. The number of nitrogens with two attached hydrogens (primary N) is 1. The second-order valence-corrected chi connectivity index (χ2v) is 4.47. The summed E-state index contributed by atoms with van der Waals surface area (Å²) in [4.78, 5) is 13.8. The second-order valence-electron chi connectivity index (χ2n) is 4.06. The Kier molecular flexibility index (Phi) is 6.13. The van der Waals surface area contributed by atoms with Crippen molar-refractivity contribution in [2.75, 3.05) is 30.7 Å². The lowest BCUT2D eigenvalue weighted by atomic mass is 10.2. The van der Waals surface area contributed by atoms with Gasteiger partial charge < -0.3 is 11.1 Å². The van der Waals surface area contributed by atoms with Gasteiger partial charge in [0.05, 0.1) is 23.3 Å². The topological polar surface area (TPSA) is 82.2 Å². The average molecular weight is 281 g/mol. The van der Waals surface area contributed by atoms with Gasteiger partial charge in [-0.2, -0.15) is 5.26 Å². The van der Waals surface area contributed by atoms with E-state index < -0.39 is 0 Å². The van der Waals surface area contributed by atoms with Crippen LogP contribution in [-0.4, -0.2) is 30.4 Å². The first-order valence-corrected chi connectivity index (χ1v) is 6.38. The first kappa shape index (κ1) is 15.3. The van der Waals surface area contributed by atoms with Crippen LogP contribution in [0.15, 0.2) is 18.2 Å². The fraction of sp³-hybridized carbons (Fsp3) is 0.385. The highest BCUT2D eigenvalue weighted by molar-refractivity contribution is 6.33. The molecular formula is C13H17ClN4O. The Labute approximate surface area is 117 Å². The molecule has 0 heterocycles. The molecule has 0 bridgehead atoms. The van der Waals surface area contributed by atoms with Gasteiger partial charge in [0.1, 0.15) is 0 Å². The Balaban J connectivity index is 2.59. The Morgan fingerprint density at radius 1 is 1.58 bits per heavy atom. The van der Waals surface area contributed by atoms with Gasteiger partial charge in [0.25, 0.3) is 0 Å². The van der Waals surface area contributed by atoms with Gasteiger partial charge in [-0.25, -0.2) is 0 Å². The molecule has 0 unspecified atom stereocenters. The number of nitrogen functional groups attached to an aromatic ring is 1. The number of rotatable bonds is 6. The van der Waals surface area contributed by atoms with Crippen molar-refractivity contribution >= 4 is 28.9 Å². The minimum Gasteiger partial charge on any atom is -0.399 e. The summed E-state index contributed by atoms with van der Waals surface area (Å²) in [6, 6.07) is 6.99. The fourth-order valence-electron chi connectivity index (χ4n) is 1.59. The molecule has 0 spiro atoms. The molecule has 1 amide bonds. The molecule has 0 atom stereocenters. The van der Waals surface area contributed by atoms with Crippen molar-refractivity contribution in [1.82, 2.24) is 4.90 Å². The van der Waals surface area contributed by atoms with Crippen molar-refractivity contribution in [1.29, 1.82) is 5.26 Å². The summed E-state index contributed by atoms with van der Waals surface area (Å²) in [5.74, 6) is -0.174. The normalized spacial score (nSPS) is 10.2. The summed E-state index contributed by atoms with van der Waals surface area (Å²) in [5, 5.41) is 11.7. The van der Waals surface area contributed by atoms with Crippen LogP contribution in [-0.2, 0) is 4.79 Å². The number of amides is 1. The van der Waals surface area contributed by atoms with Crippen molar-refractivity contribution in [3.05, 3.63) is 23.2 Å². The number of likely N-dealkylation sites (N-methyl/N-ethyl adjacent to an activating group) is 1. The van der Waals surface area contributed by atoms with Crippen molar-refractivity contribution in [3.8, 4) is 6.07 Å². The highest BCUT2D eigenvalue weighted by atomic mass is 35.5. The number of benzene rings is 1. The molecule has 0 fully saturated rings. The quantitative estimate of drug-likeness (QED) is 0.782. The predicted molar refractivity (Wildman–Crippen MR) is 76.8 cm³/mol. The lowest BCUT2D eigenvalue weighted by Gasteiger charge is -2.18. The van der Waals surface area contributed by atoms with Crippen LogP contribution in [0.4, 0.5) is 11.4 Å².